The number of hydrogen-bond donors (Lipinski definition) is 1. The molecule has 0 bridgehead atoms. The summed E-state index contributed by atoms with van der Waals surface area (Å²) < 4.78 is 5.14. The van der Waals surface area contributed by atoms with Gasteiger partial charge in [-0.25, -0.2) is 9.97 Å². The summed E-state index contributed by atoms with van der Waals surface area (Å²) >= 11 is 0. The molecule has 2 aliphatic rings. The van der Waals surface area contributed by atoms with Crippen LogP contribution in [0.25, 0.3) is 5.57 Å². The van der Waals surface area contributed by atoms with Gasteiger partial charge in [0.15, 0.2) is 0 Å². The van der Waals surface area contributed by atoms with E-state index in [1.807, 2.05) is 0 Å². The fourth-order valence-electron chi connectivity index (χ4n) is 4.05. The van der Waals surface area contributed by atoms with Gasteiger partial charge in [-0.15, -0.1) is 0 Å². The third kappa shape index (κ3) is 5.27. The van der Waals surface area contributed by atoms with Crippen molar-refractivity contribution >= 4 is 11.4 Å². The molecular formula is C21H34N4O. The summed E-state index contributed by atoms with van der Waals surface area (Å²) in [5.74, 6) is 1.45. The van der Waals surface area contributed by atoms with Crippen molar-refractivity contribution in [2.24, 2.45) is 0 Å². The van der Waals surface area contributed by atoms with E-state index >= 15 is 0 Å². The lowest BCUT2D eigenvalue weighted by molar-refractivity contribution is 0.200. The van der Waals surface area contributed by atoms with Crippen LogP contribution in [0.1, 0.15) is 68.4 Å². The zero-order valence-corrected chi connectivity index (χ0v) is 16.3. The molecular weight excluding hydrogens is 324 g/mol. The van der Waals surface area contributed by atoms with Crippen molar-refractivity contribution in [2.45, 2.75) is 64.2 Å². The molecule has 26 heavy (non-hydrogen) atoms. The SMILES string of the molecule is COCCc1nc(N)c2c(n1)C(CCCCCCN1CCCCC1)=CC2. The summed E-state index contributed by atoms with van der Waals surface area (Å²) in [5, 5.41) is 0. The molecule has 1 aromatic rings. The van der Waals surface area contributed by atoms with Gasteiger partial charge in [0, 0.05) is 19.1 Å². The van der Waals surface area contributed by atoms with Crippen LogP contribution in [0.5, 0.6) is 0 Å². The first-order valence-corrected chi connectivity index (χ1v) is 10.3. The standard InChI is InChI=1S/C21H34N4O/c1-26-16-12-19-23-20-17(10-11-18(20)21(22)24-19)9-5-2-3-6-13-25-14-7-4-8-15-25/h10H,2-9,11-16H2,1H3,(H2,22,23,24). The molecule has 3 rings (SSSR count). The predicted octanol–water partition coefficient (Wildman–Crippen LogP) is 3.62. The number of nitrogen functional groups attached to an aromatic ring is 1. The molecule has 5 heteroatoms. The number of methoxy groups -OCH3 is 1. The number of ether oxygens (including phenoxy) is 1. The largest absolute Gasteiger partial charge is 0.384 e. The summed E-state index contributed by atoms with van der Waals surface area (Å²) in [7, 11) is 1.70. The van der Waals surface area contributed by atoms with E-state index in [2.05, 4.69) is 16.0 Å². The number of hydrogen-bond acceptors (Lipinski definition) is 5. The monoisotopic (exact) mass is 358 g/mol. The Kier molecular flexibility index (Phi) is 7.44. The molecule has 0 atom stereocenters. The molecule has 0 saturated carbocycles. The number of anilines is 1. The van der Waals surface area contributed by atoms with E-state index in [0.29, 0.717) is 12.4 Å². The lowest BCUT2D eigenvalue weighted by atomic mass is 10.0. The highest BCUT2D eigenvalue weighted by molar-refractivity contribution is 5.73. The number of rotatable bonds is 10. The van der Waals surface area contributed by atoms with Gasteiger partial charge in [-0.1, -0.05) is 25.3 Å². The van der Waals surface area contributed by atoms with Crippen molar-refractivity contribution in [2.75, 3.05) is 39.1 Å². The van der Waals surface area contributed by atoms with Gasteiger partial charge in [-0.3, -0.25) is 0 Å². The highest BCUT2D eigenvalue weighted by Crippen LogP contribution is 2.32. The van der Waals surface area contributed by atoms with E-state index < -0.39 is 0 Å². The first-order chi connectivity index (χ1) is 12.8. The molecule has 0 radical (unpaired) electrons. The summed E-state index contributed by atoms with van der Waals surface area (Å²) in [4.78, 5) is 11.8. The maximum atomic E-state index is 6.14. The van der Waals surface area contributed by atoms with E-state index in [9.17, 15) is 0 Å². The Morgan fingerprint density at radius 2 is 1.85 bits per heavy atom. The molecule has 0 unspecified atom stereocenters. The van der Waals surface area contributed by atoms with Gasteiger partial charge in [-0.05, 0) is 63.7 Å². The smallest absolute Gasteiger partial charge is 0.133 e. The number of unbranched alkanes of at least 4 members (excludes halogenated alkanes) is 3. The van der Waals surface area contributed by atoms with Crippen molar-refractivity contribution < 1.29 is 4.74 Å². The molecule has 2 N–H and O–H groups in total. The lowest BCUT2D eigenvalue weighted by Gasteiger charge is -2.26. The summed E-state index contributed by atoms with van der Waals surface area (Å²) in [6.45, 7) is 4.55. The Labute approximate surface area is 158 Å². The summed E-state index contributed by atoms with van der Waals surface area (Å²) in [6, 6.07) is 0. The predicted molar refractivity (Wildman–Crippen MR) is 107 cm³/mol. The molecule has 0 amide bonds. The number of nitrogens with two attached hydrogens (primary N) is 1. The third-order valence-electron chi connectivity index (χ3n) is 5.59. The third-order valence-corrected chi connectivity index (χ3v) is 5.59. The van der Waals surface area contributed by atoms with Crippen LogP contribution in [0.2, 0.25) is 0 Å². The van der Waals surface area contributed by atoms with Crippen LogP contribution in [0.15, 0.2) is 6.08 Å². The van der Waals surface area contributed by atoms with Gasteiger partial charge < -0.3 is 15.4 Å². The van der Waals surface area contributed by atoms with Crippen LogP contribution >= 0.6 is 0 Å². The zero-order chi connectivity index (χ0) is 18.2. The normalized spacial score (nSPS) is 17.3. The van der Waals surface area contributed by atoms with Gasteiger partial charge in [0.1, 0.15) is 11.6 Å². The maximum absolute atomic E-state index is 6.14. The Morgan fingerprint density at radius 1 is 1.04 bits per heavy atom. The van der Waals surface area contributed by atoms with Crippen LogP contribution in [0, 0.1) is 0 Å². The second kappa shape index (κ2) is 10.0. The quantitative estimate of drug-likeness (QED) is 0.647. The first kappa shape index (κ1) is 19.3. The minimum absolute atomic E-state index is 0.633. The van der Waals surface area contributed by atoms with Gasteiger partial charge >= 0.3 is 0 Å². The number of piperidine rings is 1. The number of nitrogens with zero attached hydrogens (tertiary/aromatic N) is 3. The lowest BCUT2D eigenvalue weighted by Crippen LogP contribution is -2.30. The number of allylic oxidation sites excluding steroid dienone is 2. The van der Waals surface area contributed by atoms with Gasteiger partial charge in [0.2, 0.25) is 0 Å². The summed E-state index contributed by atoms with van der Waals surface area (Å²) in [5.41, 5.74) is 9.72. The average molecular weight is 359 g/mol. The van der Waals surface area contributed by atoms with Crippen molar-refractivity contribution in [1.29, 1.82) is 0 Å². The fraction of sp³-hybridized carbons (Fsp3) is 0.714. The molecule has 1 aliphatic carbocycles. The van der Waals surface area contributed by atoms with Gasteiger partial charge in [0.05, 0.1) is 12.3 Å². The first-order valence-electron chi connectivity index (χ1n) is 10.3. The highest BCUT2D eigenvalue weighted by Gasteiger charge is 2.20. The fourth-order valence-corrected chi connectivity index (χ4v) is 4.05. The molecule has 5 nitrogen and oxygen atoms in total. The molecule has 0 spiro atoms. The Morgan fingerprint density at radius 3 is 2.65 bits per heavy atom. The van der Waals surface area contributed by atoms with E-state index in [4.69, 9.17) is 15.5 Å². The average Bonchev–Trinajstić information content (AvgIpc) is 3.07. The van der Waals surface area contributed by atoms with E-state index in [0.717, 1.165) is 36.3 Å². The molecule has 2 heterocycles. The van der Waals surface area contributed by atoms with E-state index in [1.54, 1.807) is 7.11 Å². The maximum Gasteiger partial charge on any atom is 0.133 e. The number of aromatic nitrogens is 2. The van der Waals surface area contributed by atoms with E-state index in [-0.39, 0.29) is 0 Å². The number of likely N-dealkylation sites (tertiary alicyclic amines) is 1. The number of fused-ring (bicyclic) bond motifs is 1. The van der Waals surface area contributed by atoms with E-state index in [1.165, 1.54) is 70.2 Å². The Hall–Kier alpha value is -1.46. The van der Waals surface area contributed by atoms with Crippen molar-refractivity contribution in [3.05, 3.63) is 23.2 Å². The summed E-state index contributed by atoms with van der Waals surface area (Å²) in [6.07, 6.45) is 14.4. The van der Waals surface area contributed by atoms with Crippen molar-refractivity contribution in [1.82, 2.24) is 14.9 Å². The zero-order valence-electron chi connectivity index (χ0n) is 16.3. The minimum atomic E-state index is 0.633. The molecule has 0 aromatic carbocycles. The van der Waals surface area contributed by atoms with Gasteiger partial charge in [0.25, 0.3) is 0 Å². The molecule has 1 saturated heterocycles. The van der Waals surface area contributed by atoms with Crippen LogP contribution in [0.3, 0.4) is 0 Å². The van der Waals surface area contributed by atoms with Crippen LogP contribution in [-0.2, 0) is 17.6 Å². The molecule has 1 aromatic heterocycles. The van der Waals surface area contributed by atoms with Gasteiger partial charge in [-0.2, -0.15) is 0 Å². The highest BCUT2D eigenvalue weighted by atomic mass is 16.5. The van der Waals surface area contributed by atoms with Crippen LogP contribution in [0.4, 0.5) is 5.82 Å². The Balaban J connectivity index is 1.40. The minimum Gasteiger partial charge on any atom is -0.384 e. The van der Waals surface area contributed by atoms with Crippen molar-refractivity contribution in [3.63, 3.8) is 0 Å². The van der Waals surface area contributed by atoms with Crippen LogP contribution in [-0.4, -0.2) is 48.2 Å². The van der Waals surface area contributed by atoms with Crippen LogP contribution < -0.4 is 5.73 Å². The Bertz CT molecular complexity index is 608. The second-order valence-electron chi connectivity index (χ2n) is 7.60. The molecule has 1 fully saturated rings. The molecule has 1 aliphatic heterocycles. The molecule has 144 valence electrons. The van der Waals surface area contributed by atoms with Crippen molar-refractivity contribution in [3.8, 4) is 0 Å². The second-order valence-corrected chi connectivity index (χ2v) is 7.60. The topological polar surface area (TPSA) is 64.3 Å².